The number of carbonyl (C=O) groups excluding carboxylic acids is 1. The van der Waals surface area contributed by atoms with E-state index in [4.69, 9.17) is 4.52 Å². The summed E-state index contributed by atoms with van der Waals surface area (Å²) < 4.78 is 32.3. The molecule has 1 aliphatic rings. The highest BCUT2D eigenvalue weighted by Crippen LogP contribution is 2.21. The second kappa shape index (κ2) is 8.38. The van der Waals surface area contributed by atoms with Crippen LogP contribution in [-0.4, -0.2) is 60.3 Å². The lowest BCUT2D eigenvalue weighted by atomic mass is 9.99. The largest absolute Gasteiger partial charge is 0.347 e. The number of aromatic nitrogens is 2. The Morgan fingerprint density at radius 3 is 2.89 bits per heavy atom. The molecule has 2 heterocycles. The van der Waals surface area contributed by atoms with Gasteiger partial charge in [-0.25, -0.2) is 0 Å². The van der Waals surface area contributed by atoms with Crippen LogP contribution >= 0.6 is 0 Å². The molecule has 152 valence electrons. The van der Waals surface area contributed by atoms with E-state index in [0.717, 1.165) is 11.1 Å². The van der Waals surface area contributed by atoms with Crippen molar-refractivity contribution in [1.29, 1.82) is 0 Å². The highest BCUT2D eigenvalue weighted by atomic mass is 32.2. The van der Waals surface area contributed by atoms with Gasteiger partial charge < -0.3 is 9.84 Å². The van der Waals surface area contributed by atoms with E-state index >= 15 is 0 Å². The average molecular weight is 407 g/mol. The number of carbonyl (C=O) groups is 1. The quantitative estimate of drug-likeness (QED) is 0.770. The zero-order chi connectivity index (χ0) is 20.3. The van der Waals surface area contributed by atoms with E-state index in [2.05, 4.69) is 15.5 Å². The van der Waals surface area contributed by atoms with Crippen LogP contribution in [0.15, 0.2) is 28.8 Å². The monoisotopic (exact) mass is 407 g/mol. The number of amides is 1. The van der Waals surface area contributed by atoms with E-state index in [9.17, 15) is 13.2 Å². The zero-order valence-electron chi connectivity index (χ0n) is 16.3. The summed E-state index contributed by atoms with van der Waals surface area (Å²) in [5.41, 5.74) is 1.94. The van der Waals surface area contributed by atoms with Crippen LogP contribution in [0.25, 0.3) is 11.4 Å². The molecule has 0 unspecified atom stereocenters. The number of hydrogen-bond acceptors (Lipinski definition) is 6. The highest BCUT2D eigenvalue weighted by molar-refractivity contribution is 7.86. The van der Waals surface area contributed by atoms with Crippen molar-refractivity contribution in [2.24, 2.45) is 5.92 Å². The SMILES string of the molecule is Cc1cccc(-c2noc(CNC(=O)[C@H]3CCCN(S(=O)(=O)N(C)C)C3)n2)c1. The number of hydrogen-bond donors (Lipinski definition) is 1. The molecule has 0 spiro atoms. The summed E-state index contributed by atoms with van der Waals surface area (Å²) in [5, 5.41) is 6.73. The Bertz CT molecular complexity index is 941. The van der Waals surface area contributed by atoms with Gasteiger partial charge in [-0.2, -0.15) is 22.0 Å². The van der Waals surface area contributed by atoms with Gasteiger partial charge in [0, 0.05) is 32.7 Å². The van der Waals surface area contributed by atoms with Gasteiger partial charge in [-0.15, -0.1) is 0 Å². The lowest BCUT2D eigenvalue weighted by molar-refractivity contribution is -0.126. The van der Waals surface area contributed by atoms with Gasteiger partial charge in [-0.1, -0.05) is 28.9 Å². The van der Waals surface area contributed by atoms with Gasteiger partial charge in [-0.05, 0) is 25.8 Å². The van der Waals surface area contributed by atoms with Crippen molar-refractivity contribution in [3.05, 3.63) is 35.7 Å². The molecule has 28 heavy (non-hydrogen) atoms. The van der Waals surface area contributed by atoms with Gasteiger partial charge in [0.15, 0.2) is 0 Å². The Balaban J connectivity index is 1.58. The van der Waals surface area contributed by atoms with Crippen LogP contribution in [0, 0.1) is 12.8 Å². The Kier molecular flexibility index (Phi) is 6.11. The zero-order valence-corrected chi connectivity index (χ0v) is 17.1. The predicted octanol–water partition coefficient (Wildman–Crippen LogP) is 1.18. The Hall–Kier alpha value is -2.30. The van der Waals surface area contributed by atoms with E-state index in [1.54, 1.807) is 0 Å². The van der Waals surface area contributed by atoms with E-state index in [-0.39, 0.29) is 19.0 Å². The topological polar surface area (TPSA) is 109 Å². The molecule has 9 nitrogen and oxygen atoms in total. The molecule has 0 bridgehead atoms. The third-order valence-corrected chi connectivity index (χ3v) is 6.61. The smallest absolute Gasteiger partial charge is 0.281 e. The molecule has 1 amide bonds. The third kappa shape index (κ3) is 4.57. The number of nitrogens with zero attached hydrogens (tertiary/aromatic N) is 4. The van der Waals surface area contributed by atoms with E-state index in [1.807, 2.05) is 31.2 Å². The third-order valence-electron chi connectivity index (χ3n) is 4.70. The molecule has 0 aliphatic carbocycles. The number of nitrogens with one attached hydrogen (secondary N) is 1. The fourth-order valence-electron chi connectivity index (χ4n) is 3.13. The second-order valence-corrected chi connectivity index (χ2v) is 9.23. The van der Waals surface area contributed by atoms with Crippen molar-refractivity contribution in [2.75, 3.05) is 27.2 Å². The summed E-state index contributed by atoms with van der Waals surface area (Å²) in [6.07, 6.45) is 1.28. The number of piperidine rings is 1. The molecule has 2 aromatic rings. The van der Waals surface area contributed by atoms with Crippen LogP contribution in [0.1, 0.15) is 24.3 Å². The standard InChI is InChI=1S/C18H25N5O4S/c1-13-6-4-7-14(10-13)17-20-16(27-21-17)11-19-18(24)15-8-5-9-23(12-15)28(25,26)22(2)3/h4,6-7,10,15H,5,8-9,11-12H2,1-3H3,(H,19,24)/t15-/m0/s1. The van der Waals surface area contributed by atoms with Crippen LogP contribution < -0.4 is 5.32 Å². The first-order chi connectivity index (χ1) is 13.3. The van der Waals surface area contributed by atoms with Crippen molar-refractivity contribution < 1.29 is 17.7 Å². The summed E-state index contributed by atoms with van der Waals surface area (Å²) in [5.74, 6) is 0.156. The lowest BCUT2D eigenvalue weighted by Crippen LogP contribution is -2.48. The maximum absolute atomic E-state index is 12.5. The van der Waals surface area contributed by atoms with Crippen LogP contribution in [0.3, 0.4) is 0 Å². The molecule has 10 heteroatoms. The minimum atomic E-state index is -3.52. The van der Waals surface area contributed by atoms with Crippen molar-refractivity contribution in [1.82, 2.24) is 24.1 Å². The van der Waals surface area contributed by atoms with Crippen LogP contribution in [0.2, 0.25) is 0 Å². The van der Waals surface area contributed by atoms with E-state index in [0.29, 0.717) is 31.1 Å². The van der Waals surface area contributed by atoms with Gasteiger partial charge in [0.2, 0.25) is 17.6 Å². The van der Waals surface area contributed by atoms with Crippen LogP contribution in [-0.2, 0) is 21.5 Å². The molecular formula is C18H25N5O4S. The Morgan fingerprint density at radius 1 is 1.39 bits per heavy atom. The average Bonchev–Trinajstić information content (AvgIpc) is 3.15. The molecule has 1 aliphatic heterocycles. The van der Waals surface area contributed by atoms with Gasteiger partial charge in [0.25, 0.3) is 10.2 Å². The van der Waals surface area contributed by atoms with Gasteiger partial charge in [-0.3, -0.25) is 4.79 Å². The fraction of sp³-hybridized carbons (Fsp3) is 0.500. The molecule has 0 saturated carbocycles. The molecule has 3 rings (SSSR count). The summed E-state index contributed by atoms with van der Waals surface area (Å²) in [6.45, 7) is 2.68. The summed E-state index contributed by atoms with van der Waals surface area (Å²) in [7, 11) is -0.546. The van der Waals surface area contributed by atoms with E-state index < -0.39 is 16.1 Å². The van der Waals surface area contributed by atoms with Crippen LogP contribution in [0.4, 0.5) is 0 Å². The molecule has 0 radical (unpaired) electrons. The summed E-state index contributed by atoms with van der Waals surface area (Å²) >= 11 is 0. The van der Waals surface area contributed by atoms with Crippen LogP contribution in [0.5, 0.6) is 0 Å². The molecule has 1 saturated heterocycles. The number of benzene rings is 1. The maximum atomic E-state index is 12.5. The normalized spacial score (nSPS) is 18.4. The Labute approximate surface area is 164 Å². The first kappa shape index (κ1) is 20.4. The van der Waals surface area contributed by atoms with Crippen molar-refractivity contribution in [2.45, 2.75) is 26.3 Å². The van der Waals surface area contributed by atoms with Gasteiger partial charge in [0.1, 0.15) is 0 Å². The minimum absolute atomic E-state index is 0.106. The Morgan fingerprint density at radius 2 is 2.18 bits per heavy atom. The molecule has 1 atom stereocenters. The van der Waals surface area contributed by atoms with Crippen molar-refractivity contribution in [3.63, 3.8) is 0 Å². The van der Waals surface area contributed by atoms with Gasteiger partial charge in [0.05, 0.1) is 12.5 Å². The molecular weight excluding hydrogens is 382 g/mol. The van der Waals surface area contributed by atoms with Gasteiger partial charge >= 0.3 is 0 Å². The van der Waals surface area contributed by atoms with Crippen molar-refractivity contribution in [3.8, 4) is 11.4 Å². The van der Waals surface area contributed by atoms with E-state index in [1.165, 1.54) is 22.7 Å². The summed E-state index contributed by atoms with van der Waals surface area (Å²) in [6, 6.07) is 7.74. The molecule has 1 N–H and O–H groups in total. The highest BCUT2D eigenvalue weighted by Gasteiger charge is 2.33. The fourth-order valence-corrected chi connectivity index (χ4v) is 4.32. The minimum Gasteiger partial charge on any atom is -0.347 e. The molecule has 1 aromatic heterocycles. The first-order valence-corrected chi connectivity index (χ1v) is 10.5. The number of aryl methyl sites for hydroxylation is 1. The lowest BCUT2D eigenvalue weighted by Gasteiger charge is -2.32. The van der Waals surface area contributed by atoms with Crippen molar-refractivity contribution >= 4 is 16.1 Å². The summed E-state index contributed by atoms with van der Waals surface area (Å²) in [4.78, 5) is 16.8. The first-order valence-electron chi connectivity index (χ1n) is 9.12. The second-order valence-electron chi connectivity index (χ2n) is 7.09. The molecule has 1 fully saturated rings. The predicted molar refractivity (Wildman–Crippen MR) is 103 cm³/mol. The molecule has 1 aromatic carbocycles. The number of rotatable bonds is 6. The maximum Gasteiger partial charge on any atom is 0.281 e.